The average molecular weight is 214 g/mol. The maximum Gasteiger partial charge on any atom is 0.0619 e. The highest BCUT2D eigenvalue weighted by Gasteiger charge is 2.29. The fourth-order valence-corrected chi connectivity index (χ4v) is 1.97. The third-order valence-corrected chi connectivity index (χ3v) is 3.01. The van der Waals surface area contributed by atoms with Crippen molar-refractivity contribution in [1.82, 2.24) is 0 Å². The fraction of sp³-hybridized carbons (Fsp3) is 1.00. The summed E-state index contributed by atoms with van der Waals surface area (Å²) >= 11 is 0. The van der Waals surface area contributed by atoms with E-state index in [0.29, 0.717) is 5.92 Å². The van der Waals surface area contributed by atoms with Crippen LogP contribution >= 0.6 is 0 Å². The Morgan fingerprint density at radius 1 is 1.00 bits per heavy atom. The van der Waals surface area contributed by atoms with Gasteiger partial charge >= 0.3 is 0 Å². The Hall–Kier alpha value is -0.0400. The molecule has 0 radical (unpaired) electrons. The molecule has 1 nitrogen and oxygen atoms in total. The van der Waals surface area contributed by atoms with E-state index in [9.17, 15) is 5.11 Å². The highest BCUT2D eigenvalue weighted by Crippen LogP contribution is 2.34. The summed E-state index contributed by atoms with van der Waals surface area (Å²) in [5.74, 6) is 2.26. The Labute approximate surface area is 96.3 Å². The van der Waals surface area contributed by atoms with E-state index in [-0.39, 0.29) is 0 Å². The predicted octanol–water partition coefficient (Wildman–Crippen LogP) is 4.25. The molecule has 0 unspecified atom stereocenters. The quantitative estimate of drug-likeness (QED) is 0.692. The van der Waals surface area contributed by atoms with Gasteiger partial charge in [0.15, 0.2) is 0 Å². The highest BCUT2D eigenvalue weighted by molar-refractivity contribution is 4.81. The maximum absolute atomic E-state index is 9.73. The van der Waals surface area contributed by atoms with Crippen molar-refractivity contribution < 1.29 is 5.11 Å². The SMILES string of the molecule is CC(C)C.CC1CCC(C(C)(C)O)CC1. The monoisotopic (exact) mass is 214 g/mol. The Kier molecular flexibility index (Phi) is 6.51. The lowest BCUT2D eigenvalue weighted by molar-refractivity contribution is -0.00466. The average Bonchev–Trinajstić information content (AvgIpc) is 2.01. The second-order valence-corrected chi connectivity index (χ2v) is 6.34. The van der Waals surface area contributed by atoms with Crippen molar-refractivity contribution in [2.45, 2.75) is 72.8 Å². The molecule has 1 rings (SSSR count). The summed E-state index contributed by atoms with van der Waals surface area (Å²) in [4.78, 5) is 0. The van der Waals surface area contributed by atoms with Crippen molar-refractivity contribution in [2.75, 3.05) is 0 Å². The van der Waals surface area contributed by atoms with Crippen molar-refractivity contribution in [3.63, 3.8) is 0 Å². The van der Waals surface area contributed by atoms with E-state index in [4.69, 9.17) is 0 Å². The summed E-state index contributed by atoms with van der Waals surface area (Å²) in [5, 5.41) is 9.73. The predicted molar refractivity (Wildman–Crippen MR) is 67.9 cm³/mol. The number of hydrogen-bond donors (Lipinski definition) is 1. The number of rotatable bonds is 1. The van der Waals surface area contributed by atoms with Gasteiger partial charge in [-0.05, 0) is 44.4 Å². The molecule has 15 heavy (non-hydrogen) atoms. The third kappa shape index (κ3) is 7.84. The highest BCUT2D eigenvalue weighted by atomic mass is 16.3. The summed E-state index contributed by atoms with van der Waals surface area (Å²) < 4.78 is 0. The fourth-order valence-electron chi connectivity index (χ4n) is 1.97. The molecule has 0 saturated heterocycles. The summed E-state index contributed by atoms with van der Waals surface area (Å²) in [6, 6.07) is 0. The second-order valence-electron chi connectivity index (χ2n) is 6.34. The normalized spacial score (nSPS) is 27.2. The van der Waals surface area contributed by atoms with Gasteiger partial charge < -0.3 is 5.11 Å². The molecule has 1 N–H and O–H groups in total. The Morgan fingerprint density at radius 3 is 1.60 bits per heavy atom. The first-order valence-corrected chi connectivity index (χ1v) is 6.45. The number of aliphatic hydroxyl groups is 1. The van der Waals surface area contributed by atoms with Crippen LogP contribution in [-0.2, 0) is 0 Å². The van der Waals surface area contributed by atoms with E-state index in [1.807, 2.05) is 13.8 Å². The maximum atomic E-state index is 9.73. The minimum Gasteiger partial charge on any atom is -0.390 e. The van der Waals surface area contributed by atoms with Gasteiger partial charge in [-0.2, -0.15) is 0 Å². The van der Waals surface area contributed by atoms with Crippen LogP contribution in [0, 0.1) is 17.8 Å². The van der Waals surface area contributed by atoms with E-state index in [1.54, 1.807) is 0 Å². The van der Waals surface area contributed by atoms with Crippen LogP contribution in [0.1, 0.15) is 67.2 Å². The second kappa shape index (κ2) is 6.52. The van der Waals surface area contributed by atoms with Crippen molar-refractivity contribution in [3.05, 3.63) is 0 Å². The van der Waals surface area contributed by atoms with Crippen molar-refractivity contribution in [2.24, 2.45) is 17.8 Å². The molecule has 0 atom stereocenters. The lowest BCUT2D eigenvalue weighted by atomic mass is 9.75. The molecule has 1 fully saturated rings. The smallest absolute Gasteiger partial charge is 0.0619 e. The molecule has 0 spiro atoms. The van der Waals surface area contributed by atoms with Gasteiger partial charge in [0.1, 0.15) is 0 Å². The molecule has 0 heterocycles. The Balaban J connectivity index is 0.000000423. The van der Waals surface area contributed by atoms with Crippen LogP contribution in [0.3, 0.4) is 0 Å². The molecule has 0 aromatic heterocycles. The minimum absolute atomic E-state index is 0.444. The molecule has 0 bridgehead atoms. The van der Waals surface area contributed by atoms with Gasteiger partial charge in [-0.1, -0.05) is 40.5 Å². The summed E-state index contributed by atoms with van der Waals surface area (Å²) in [7, 11) is 0. The Bertz CT molecular complexity index is 144. The van der Waals surface area contributed by atoms with Gasteiger partial charge in [-0.25, -0.2) is 0 Å². The zero-order valence-corrected chi connectivity index (χ0v) is 11.5. The first kappa shape index (κ1) is 15.0. The van der Waals surface area contributed by atoms with Gasteiger partial charge in [0.25, 0.3) is 0 Å². The van der Waals surface area contributed by atoms with E-state index < -0.39 is 5.60 Å². The van der Waals surface area contributed by atoms with Gasteiger partial charge in [0, 0.05) is 0 Å². The van der Waals surface area contributed by atoms with Crippen molar-refractivity contribution in [3.8, 4) is 0 Å². The third-order valence-electron chi connectivity index (χ3n) is 3.01. The molecule has 1 saturated carbocycles. The molecule has 0 aromatic carbocycles. The molecular weight excluding hydrogens is 184 g/mol. The molecule has 1 heteroatoms. The minimum atomic E-state index is -0.444. The topological polar surface area (TPSA) is 20.2 Å². The number of hydrogen-bond acceptors (Lipinski definition) is 1. The van der Waals surface area contributed by atoms with Crippen LogP contribution in [0.2, 0.25) is 0 Å². The standard InChI is InChI=1S/C10H20O.C4H10/c1-8-4-6-9(7-5-8)10(2,3)11;1-4(2)3/h8-9,11H,4-7H2,1-3H3;4H,1-3H3. The van der Waals surface area contributed by atoms with Gasteiger partial charge in [-0.3, -0.25) is 0 Å². The zero-order valence-electron chi connectivity index (χ0n) is 11.5. The Morgan fingerprint density at radius 2 is 1.33 bits per heavy atom. The van der Waals surface area contributed by atoms with Crippen LogP contribution in [0.15, 0.2) is 0 Å². The zero-order chi connectivity index (χ0) is 12.1. The van der Waals surface area contributed by atoms with Crippen molar-refractivity contribution in [1.29, 1.82) is 0 Å². The van der Waals surface area contributed by atoms with Crippen LogP contribution < -0.4 is 0 Å². The van der Waals surface area contributed by atoms with Crippen LogP contribution in [-0.4, -0.2) is 10.7 Å². The van der Waals surface area contributed by atoms with E-state index >= 15 is 0 Å². The molecular formula is C14H30O. The summed E-state index contributed by atoms with van der Waals surface area (Å²) in [6.07, 6.45) is 5.03. The van der Waals surface area contributed by atoms with Crippen LogP contribution in [0.5, 0.6) is 0 Å². The molecule has 0 aliphatic heterocycles. The van der Waals surface area contributed by atoms with Gasteiger partial charge in [0.05, 0.1) is 5.60 Å². The van der Waals surface area contributed by atoms with E-state index in [1.165, 1.54) is 25.7 Å². The largest absolute Gasteiger partial charge is 0.390 e. The van der Waals surface area contributed by atoms with Crippen LogP contribution in [0.25, 0.3) is 0 Å². The summed E-state index contributed by atoms with van der Waals surface area (Å²) in [6.45, 7) is 12.7. The molecule has 1 aliphatic carbocycles. The lowest BCUT2D eigenvalue weighted by Crippen LogP contribution is -2.33. The first-order chi connectivity index (χ1) is 6.73. The van der Waals surface area contributed by atoms with Crippen molar-refractivity contribution >= 4 is 0 Å². The van der Waals surface area contributed by atoms with Crippen LogP contribution in [0.4, 0.5) is 0 Å². The molecule has 92 valence electrons. The van der Waals surface area contributed by atoms with E-state index in [2.05, 4.69) is 27.7 Å². The molecule has 0 amide bonds. The molecule has 1 aliphatic rings. The van der Waals surface area contributed by atoms with Gasteiger partial charge in [-0.15, -0.1) is 0 Å². The van der Waals surface area contributed by atoms with Gasteiger partial charge in [0.2, 0.25) is 0 Å². The molecule has 0 aromatic rings. The van der Waals surface area contributed by atoms with E-state index in [0.717, 1.165) is 11.8 Å². The summed E-state index contributed by atoms with van der Waals surface area (Å²) in [5.41, 5.74) is -0.444. The lowest BCUT2D eigenvalue weighted by Gasteiger charge is -2.34. The first-order valence-electron chi connectivity index (χ1n) is 6.45.